The van der Waals surface area contributed by atoms with Gasteiger partial charge in [0.15, 0.2) is 11.3 Å². The highest BCUT2D eigenvalue weighted by atomic mass is 32.2. The maximum atomic E-state index is 12.9. The minimum atomic E-state index is -3.42. The highest BCUT2D eigenvalue weighted by Crippen LogP contribution is 2.31. The number of para-hydroxylation sites is 1. The van der Waals surface area contributed by atoms with Gasteiger partial charge >= 0.3 is 0 Å². The highest BCUT2D eigenvalue weighted by Gasteiger charge is 2.38. The molecule has 2 heterocycles. The smallest absolute Gasteiger partial charge is 0.239 e. The molecule has 1 aromatic heterocycles. The maximum absolute atomic E-state index is 12.9. The Morgan fingerprint density at radius 1 is 1.38 bits per heavy atom. The fourth-order valence-corrected chi connectivity index (χ4v) is 5.58. The molecule has 7 nitrogen and oxygen atoms in total. The lowest BCUT2D eigenvalue weighted by atomic mass is 10.1. The van der Waals surface area contributed by atoms with Crippen LogP contribution in [0, 0.1) is 0 Å². The van der Waals surface area contributed by atoms with Crippen LogP contribution < -0.4 is 10.1 Å². The fraction of sp³-hybridized carbons (Fsp3) is 0.571. The minimum Gasteiger partial charge on any atom is -0.490 e. The van der Waals surface area contributed by atoms with E-state index in [1.807, 2.05) is 45.0 Å². The quantitative estimate of drug-likeness (QED) is 0.667. The number of benzene rings is 1. The van der Waals surface area contributed by atoms with Crippen LogP contribution in [0.2, 0.25) is 0 Å². The number of ether oxygens (including phenoxy) is 1. The first-order valence-electron chi connectivity index (χ1n) is 10.3. The van der Waals surface area contributed by atoms with E-state index in [4.69, 9.17) is 9.15 Å². The summed E-state index contributed by atoms with van der Waals surface area (Å²) in [6.45, 7) is 6.64. The van der Waals surface area contributed by atoms with E-state index in [2.05, 4.69) is 5.32 Å². The molecule has 3 rings (SSSR count). The Balaban J connectivity index is 1.73. The van der Waals surface area contributed by atoms with Crippen molar-refractivity contribution in [2.75, 3.05) is 18.9 Å². The van der Waals surface area contributed by atoms with Crippen LogP contribution in [0.25, 0.3) is 11.0 Å². The van der Waals surface area contributed by atoms with Crippen molar-refractivity contribution in [3.63, 3.8) is 0 Å². The van der Waals surface area contributed by atoms with Crippen LogP contribution in [-0.4, -0.2) is 43.6 Å². The highest BCUT2D eigenvalue weighted by molar-refractivity contribution is 7.89. The number of fused-ring (bicyclic) bond motifs is 1. The van der Waals surface area contributed by atoms with Crippen molar-refractivity contribution >= 4 is 26.9 Å². The Morgan fingerprint density at radius 2 is 2.17 bits per heavy atom. The van der Waals surface area contributed by atoms with Gasteiger partial charge in [-0.25, -0.2) is 8.42 Å². The van der Waals surface area contributed by atoms with E-state index < -0.39 is 16.1 Å². The Labute approximate surface area is 172 Å². The molecular weight excluding hydrogens is 392 g/mol. The number of sulfonamides is 1. The predicted octanol–water partition coefficient (Wildman–Crippen LogP) is 3.60. The van der Waals surface area contributed by atoms with Gasteiger partial charge in [0.25, 0.3) is 0 Å². The first-order chi connectivity index (χ1) is 13.9. The normalized spacial score (nSPS) is 18.8. The van der Waals surface area contributed by atoms with Gasteiger partial charge in [0, 0.05) is 11.9 Å². The summed E-state index contributed by atoms with van der Waals surface area (Å²) in [7, 11) is -3.42. The summed E-state index contributed by atoms with van der Waals surface area (Å²) in [4.78, 5) is 12.9. The Morgan fingerprint density at radius 3 is 2.90 bits per heavy atom. The summed E-state index contributed by atoms with van der Waals surface area (Å²) in [6, 6.07) is 6.52. The maximum Gasteiger partial charge on any atom is 0.239 e. The third-order valence-corrected chi connectivity index (χ3v) is 7.19. The number of amides is 1. The summed E-state index contributed by atoms with van der Waals surface area (Å²) in [6.07, 6.45) is 2.64. The molecule has 0 bridgehead atoms. The second kappa shape index (κ2) is 9.17. The molecule has 2 unspecified atom stereocenters. The lowest BCUT2D eigenvalue weighted by Crippen LogP contribution is -2.47. The molecule has 1 aromatic carbocycles. The van der Waals surface area contributed by atoms with E-state index >= 15 is 0 Å². The lowest BCUT2D eigenvalue weighted by molar-refractivity contribution is -0.125. The van der Waals surface area contributed by atoms with Gasteiger partial charge in [0.05, 0.1) is 18.4 Å². The van der Waals surface area contributed by atoms with E-state index in [0.29, 0.717) is 49.5 Å². The summed E-state index contributed by atoms with van der Waals surface area (Å²) >= 11 is 0. The van der Waals surface area contributed by atoms with E-state index in [-0.39, 0.29) is 17.7 Å². The van der Waals surface area contributed by atoms with Gasteiger partial charge in [-0.15, -0.1) is 0 Å². The van der Waals surface area contributed by atoms with Gasteiger partial charge in [0.1, 0.15) is 11.8 Å². The SMILES string of the molecule is CCCCS(=O)(=O)N1CCCC1C(=O)NC(C)c1cc2cccc(OCC)c2o1. The molecule has 29 heavy (non-hydrogen) atoms. The van der Waals surface area contributed by atoms with Crippen molar-refractivity contribution in [3.05, 3.63) is 30.0 Å². The number of carbonyl (C=O) groups excluding carboxylic acids is 1. The third-order valence-electron chi connectivity index (χ3n) is 5.23. The lowest BCUT2D eigenvalue weighted by Gasteiger charge is -2.24. The second-order valence-corrected chi connectivity index (χ2v) is 9.47. The third kappa shape index (κ3) is 4.75. The largest absolute Gasteiger partial charge is 0.490 e. The van der Waals surface area contributed by atoms with Gasteiger partial charge in [-0.3, -0.25) is 4.79 Å². The molecule has 1 aliphatic heterocycles. The van der Waals surface area contributed by atoms with Crippen LogP contribution in [0.15, 0.2) is 28.7 Å². The summed E-state index contributed by atoms with van der Waals surface area (Å²) in [5, 5.41) is 3.83. The number of nitrogens with zero attached hydrogens (tertiary/aromatic N) is 1. The first-order valence-corrected chi connectivity index (χ1v) is 11.9. The Bertz CT molecular complexity index is 953. The molecule has 8 heteroatoms. The molecule has 1 amide bonds. The fourth-order valence-electron chi connectivity index (χ4n) is 3.70. The van der Waals surface area contributed by atoms with Crippen molar-refractivity contribution in [1.29, 1.82) is 0 Å². The van der Waals surface area contributed by atoms with Gasteiger partial charge in [-0.1, -0.05) is 25.5 Å². The zero-order valence-corrected chi connectivity index (χ0v) is 18.1. The number of nitrogens with one attached hydrogen (secondary N) is 1. The van der Waals surface area contributed by atoms with Gasteiger partial charge in [0.2, 0.25) is 15.9 Å². The average molecular weight is 423 g/mol. The first kappa shape index (κ1) is 21.6. The van der Waals surface area contributed by atoms with Crippen LogP contribution in [0.5, 0.6) is 5.75 Å². The molecule has 2 atom stereocenters. The van der Waals surface area contributed by atoms with E-state index in [1.165, 1.54) is 4.31 Å². The van der Waals surface area contributed by atoms with Crippen LogP contribution in [-0.2, 0) is 14.8 Å². The molecule has 1 fully saturated rings. The molecular formula is C21H30N2O5S. The van der Waals surface area contributed by atoms with Crippen molar-refractivity contribution in [1.82, 2.24) is 9.62 Å². The van der Waals surface area contributed by atoms with E-state index in [1.54, 1.807) is 0 Å². The molecule has 0 saturated carbocycles. The number of hydrogen-bond acceptors (Lipinski definition) is 5. The van der Waals surface area contributed by atoms with E-state index in [9.17, 15) is 13.2 Å². The van der Waals surface area contributed by atoms with Crippen molar-refractivity contribution in [2.24, 2.45) is 0 Å². The molecule has 0 aliphatic carbocycles. The van der Waals surface area contributed by atoms with E-state index in [0.717, 1.165) is 11.8 Å². The number of unbranched alkanes of at least 4 members (excludes halogenated alkanes) is 1. The standard InChI is InChI=1S/C21H30N2O5S/c1-4-6-13-29(25,26)23-12-8-10-17(23)21(24)22-15(3)19-14-16-9-7-11-18(27-5-2)20(16)28-19/h7,9,11,14-15,17H,4-6,8,10,12-13H2,1-3H3,(H,22,24). The topological polar surface area (TPSA) is 88.9 Å². The second-order valence-electron chi connectivity index (χ2n) is 7.42. The monoisotopic (exact) mass is 422 g/mol. The zero-order chi connectivity index (χ0) is 21.0. The average Bonchev–Trinajstić information content (AvgIpc) is 3.34. The molecule has 1 N–H and O–H groups in total. The number of hydrogen-bond donors (Lipinski definition) is 1. The van der Waals surface area contributed by atoms with Crippen molar-refractivity contribution < 1.29 is 22.4 Å². The summed E-state index contributed by atoms with van der Waals surface area (Å²) in [5.74, 6) is 1.09. The predicted molar refractivity (Wildman–Crippen MR) is 112 cm³/mol. The Hall–Kier alpha value is -2.06. The van der Waals surface area contributed by atoms with Gasteiger partial charge < -0.3 is 14.5 Å². The molecule has 160 valence electrons. The minimum absolute atomic E-state index is 0.0899. The molecule has 1 aliphatic rings. The van der Waals surface area contributed by atoms with Crippen molar-refractivity contribution in [3.8, 4) is 5.75 Å². The van der Waals surface area contributed by atoms with Crippen LogP contribution >= 0.6 is 0 Å². The summed E-state index contributed by atoms with van der Waals surface area (Å²) in [5.41, 5.74) is 0.648. The number of furan rings is 1. The zero-order valence-electron chi connectivity index (χ0n) is 17.3. The van der Waals surface area contributed by atoms with Crippen LogP contribution in [0.3, 0.4) is 0 Å². The van der Waals surface area contributed by atoms with Crippen LogP contribution in [0.4, 0.5) is 0 Å². The molecule has 0 radical (unpaired) electrons. The van der Waals surface area contributed by atoms with Crippen LogP contribution in [0.1, 0.15) is 58.3 Å². The van der Waals surface area contributed by atoms with Crippen molar-refractivity contribution in [2.45, 2.75) is 58.5 Å². The molecule has 0 spiro atoms. The van der Waals surface area contributed by atoms with Gasteiger partial charge in [-0.2, -0.15) is 4.31 Å². The molecule has 1 saturated heterocycles. The van der Waals surface area contributed by atoms with Gasteiger partial charge in [-0.05, 0) is 45.2 Å². The summed E-state index contributed by atoms with van der Waals surface area (Å²) < 4.78 is 38.1. The number of rotatable bonds is 9. The molecule has 2 aromatic rings. The Kier molecular flexibility index (Phi) is 6.85. The number of carbonyl (C=O) groups is 1.